The maximum Gasteiger partial charge on any atom is 0.390 e. The van der Waals surface area contributed by atoms with Gasteiger partial charge >= 0.3 is 5.82 Å². The Labute approximate surface area is 137 Å². The van der Waals surface area contributed by atoms with Gasteiger partial charge < -0.3 is 15.0 Å². The molecule has 0 aliphatic rings. The van der Waals surface area contributed by atoms with Crippen molar-refractivity contribution in [2.45, 2.75) is 33.5 Å². The molecule has 1 amide bonds. The van der Waals surface area contributed by atoms with Gasteiger partial charge in [0.15, 0.2) is 0 Å². The summed E-state index contributed by atoms with van der Waals surface area (Å²) in [4.78, 5) is 23.8. The molecule has 9 nitrogen and oxygen atoms in total. The summed E-state index contributed by atoms with van der Waals surface area (Å²) in [5.41, 5.74) is 1.15. The number of amides is 1. The Kier molecular flexibility index (Phi) is 4.99. The molecule has 0 bridgehead atoms. The van der Waals surface area contributed by atoms with Crippen LogP contribution in [0.1, 0.15) is 18.3 Å². The smallest absolute Gasteiger partial charge is 0.358 e. The second-order valence-electron chi connectivity index (χ2n) is 5.09. The number of halogens is 1. The first-order valence-corrected chi connectivity index (χ1v) is 7.34. The number of nitro groups is 1. The number of likely N-dealkylation sites (N-methyl/N-ethyl adjacent to an activating group) is 1. The van der Waals surface area contributed by atoms with Crippen molar-refractivity contribution in [1.29, 1.82) is 0 Å². The molecule has 0 radical (unpaired) electrons. The molecule has 0 aliphatic carbocycles. The summed E-state index contributed by atoms with van der Waals surface area (Å²) in [5.74, 6) is -0.518. The van der Waals surface area contributed by atoms with Crippen LogP contribution in [-0.4, -0.2) is 42.3 Å². The summed E-state index contributed by atoms with van der Waals surface area (Å²) in [5, 5.41) is 19.3. The van der Waals surface area contributed by atoms with Crippen molar-refractivity contribution >= 4 is 23.3 Å². The highest BCUT2D eigenvalue weighted by molar-refractivity contribution is 6.31. The quantitative estimate of drug-likeness (QED) is 0.587. The molecule has 0 unspecified atom stereocenters. The molecule has 0 N–H and O–H groups in total. The van der Waals surface area contributed by atoms with Crippen LogP contribution in [0, 0.1) is 17.0 Å². The Bertz CT molecular complexity index is 738. The molecule has 0 aromatic carbocycles. The van der Waals surface area contributed by atoms with E-state index in [1.807, 2.05) is 6.92 Å². The Morgan fingerprint density at radius 2 is 2.17 bits per heavy atom. The second kappa shape index (κ2) is 6.78. The van der Waals surface area contributed by atoms with Crippen LogP contribution < -0.4 is 0 Å². The summed E-state index contributed by atoms with van der Waals surface area (Å²) >= 11 is 6.08. The Balaban J connectivity index is 2.05. The molecule has 2 aromatic rings. The lowest BCUT2D eigenvalue weighted by molar-refractivity contribution is -0.389. The Morgan fingerprint density at radius 1 is 1.48 bits per heavy atom. The van der Waals surface area contributed by atoms with Crippen LogP contribution >= 0.6 is 11.6 Å². The van der Waals surface area contributed by atoms with Crippen molar-refractivity contribution < 1.29 is 9.72 Å². The van der Waals surface area contributed by atoms with Crippen molar-refractivity contribution in [3.05, 3.63) is 38.8 Å². The fraction of sp³-hybridized carbons (Fsp3) is 0.462. The van der Waals surface area contributed by atoms with Gasteiger partial charge in [-0.05, 0) is 18.8 Å². The van der Waals surface area contributed by atoms with Gasteiger partial charge in [-0.25, -0.2) is 0 Å². The molecule has 2 aromatic heterocycles. The zero-order valence-electron chi connectivity index (χ0n) is 13.1. The number of carbonyl (C=O) groups is 1. The van der Waals surface area contributed by atoms with Gasteiger partial charge in [-0.2, -0.15) is 9.78 Å². The average molecular weight is 341 g/mol. The third-order valence-electron chi connectivity index (χ3n) is 3.36. The fourth-order valence-electron chi connectivity index (χ4n) is 2.01. The highest BCUT2D eigenvalue weighted by atomic mass is 35.5. The summed E-state index contributed by atoms with van der Waals surface area (Å²) in [6.07, 6.45) is 1.70. The number of aromatic nitrogens is 4. The normalized spacial score (nSPS) is 10.8. The van der Waals surface area contributed by atoms with E-state index in [2.05, 4.69) is 10.2 Å². The second-order valence-corrected chi connectivity index (χ2v) is 5.50. The summed E-state index contributed by atoms with van der Waals surface area (Å²) in [6.45, 7) is 4.46. The van der Waals surface area contributed by atoms with Crippen LogP contribution in [0.4, 0.5) is 5.82 Å². The third-order valence-corrected chi connectivity index (χ3v) is 3.68. The maximum atomic E-state index is 12.3. The first-order chi connectivity index (χ1) is 10.8. The summed E-state index contributed by atoms with van der Waals surface area (Å²) in [7, 11) is 1.62. The lowest BCUT2D eigenvalue weighted by atomic mass is 10.4. The molecule has 0 spiro atoms. The SMILES string of the molecule is CCn1cc(Cl)c(CN(C)C(=O)Cn2nc([N+](=O)[O-])cc2C)n1. The zero-order valence-corrected chi connectivity index (χ0v) is 13.8. The molecule has 0 aliphatic heterocycles. The molecular weight excluding hydrogens is 324 g/mol. The van der Waals surface area contributed by atoms with Crippen LogP contribution in [0.5, 0.6) is 0 Å². The molecule has 2 heterocycles. The maximum absolute atomic E-state index is 12.3. The molecular formula is C13H17ClN6O3. The van der Waals surface area contributed by atoms with Gasteiger partial charge in [-0.15, -0.1) is 0 Å². The van der Waals surface area contributed by atoms with Crippen LogP contribution in [-0.2, 0) is 24.4 Å². The molecule has 0 saturated carbocycles. The molecule has 2 rings (SSSR count). The largest absolute Gasteiger partial charge is 0.390 e. The van der Waals surface area contributed by atoms with Gasteiger partial charge in [0, 0.05) is 19.8 Å². The highest BCUT2D eigenvalue weighted by Gasteiger charge is 2.20. The van der Waals surface area contributed by atoms with Gasteiger partial charge in [-0.1, -0.05) is 11.6 Å². The number of nitrogens with zero attached hydrogens (tertiary/aromatic N) is 6. The lowest BCUT2D eigenvalue weighted by Gasteiger charge is -2.15. The van der Waals surface area contributed by atoms with E-state index < -0.39 is 4.92 Å². The van der Waals surface area contributed by atoms with Crippen LogP contribution in [0.3, 0.4) is 0 Å². The van der Waals surface area contributed by atoms with Gasteiger partial charge in [0.05, 0.1) is 28.4 Å². The number of aryl methyl sites for hydroxylation is 2. The summed E-state index contributed by atoms with van der Waals surface area (Å²) in [6, 6.07) is 1.33. The fourth-order valence-corrected chi connectivity index (χ4v) is 2.22. The van der Waals surface area contributed by atoms with E-state index in [9.17, 15) is 14.9 Å². The first-order valence-electron chi connectivity index (χ1n) is 6.96. The zero-order chi connectivity index (χ0) is 17.1. The standard InChI is InChI=1S/C13H17ClN6O3/c1-4-18-6-10(14)11(15-18)7-17(3)13(21)8-19-9(2)5-12(16-19)20(22)23/h5-6H,4,7-8H2,1-3H3. The monoisotopic (exact) mass is 340 g/mol. The van der Waals surface area contributed by atoms with Crippen LogP contribution in [0.25, 0.3) is 0 Å². The van der Waals surface area contributed by atoms with Crippen molar-refractivity contribution in [1.82, 2.24) is 24.5 Å². The van der Waals surface area contributed by atoms with E-state index in [0.717, 1.165) is 0 Å². The Morgan fingerprint density at radius 3 is 2.70 bits per heavy atom. The molecule has 10 heteroatoms. The van der Waals surface area contributed by atoms with Gasteiger partial charge in [-0.3, -0.25) is 9.48 Å². The number of hydrogen-bond donors (Lipinski definition) is 0. The van der Waals surface area contributed by atoms with Gasteiger partial charge in [0.1, 0.15) is 12.2 Å². The lowest BCUT2D eigenvalue weighted by Crippen LogP contribution is -2.30. The minimum atomic E-state index is -0.588. The van der Waals surface area contributed by atoms with Crippen LogP contribution in [0.15, 0.2) is 12.3 Å². The molecule has 23 heavy (non-hydrogen) atoms. The third kappa shape index (κ3) is 3.86. The van der Waals surface area contributed by atoms with E-state index in [-0.39, 0.29) is 24.8 Å². The molecule has 0 fully saturated rings. The van der Waals surface area contributed by atoms with E-state index in [4.69, 9.17) is 11.6 Å². The van der Waals surface area contributed by atoms with Crippen molar-refractivity contribution in [2.75, 3.05) is 7.05 Å². The minimum Gasteiger partial charge on any atom is -0.358 e. The van der Waals surface area contributed by atoms with Crippen LogP contribution in [0.2, 0.25) is 5.02 Å². The summed E-state index contributed by atoms with van der Waals surface area (Å²) < 4.78 is 3.00. The first kappa shape index (κ1) is 16.9. The van der Waals surface area contributed by atoms with Crippen molar-refractivity contribution in [2.24, 2.45) is 0 Å². The van der Waals surface area contributed by atoms with Crippen molar-refractivity contribution in [3.8, 4) is 0 Å². The number of carbonyl (C=O) groups excluding carboxylic acids is 1. The molecule has 0 saturated heterocycles. The Hall–Kier alpha value is -2.42. The van der Waals surface area contributed by atoms with E-state index in [1.54, 1.807) is 24.9 Å². The number of rotatable bonds is 6. The van der Waals surface area contributed by atoms with E-state index in [0.29, 0.717) is 23.0 Å². The predicted molar refractivity (Wildman–Crippen MR) is 83.0 cm³/mol. The predicted octanol–water partition coefficient (Wildman–Crippen LogP) is 1.63. The van der Waals surface area contributed by atoms with Crippen molar-refractivity contribution in [3.63, 3.8) is 0 Å². The average Bonchev–Trinajstić information content (AvgIpc) is 3.03. The van der Waals surface area contributed by atoms with Gasteiger partial charge in [0.25, 0.3) is 0 Å². The van der Waals surface area contributed by atoms with Gasteiger partial charge in [0.2, 0.25) is 5.91 Å². The minimum absolute atomic E-state index is 0.0811. The number of hydrogen-bond acceptors (Lipinski definition) is 5. The van der Waals surface area contributed by atoms with E-state index in [1.165, 1.54) is 15.6 Å². The van der Waals surface area contributed by atoms with E-state index >= 15 is 0 Å². The molecule has 0 atom stereocenters. The topological polar surface area (TPSA) is 99.1 Å². The molecule has 124 valence electrons. The highest BCUT2D eigenvalue weighted by Crippen LogP contribution is 2.16.